The number of hydrogen-bond donors (Lipinski definition) is 2. The summed E-state index contributed by atoms with van der Waals surface area (Å²) in [6, 6.07) is 1.89. The number of aromatic nitrogens is 2. The predicted molar refractivity (Wildman–Crippen MR) is 122 cm³/mol. The molecule has 0 aromatic carbocycles. The molecule has 1 aliphatic carbocycles. The number of rotatable bonds is 7. The van der Waals surface area contributed by atoms with Crippen LogP contribution in [-0.2, 0) is 23.4 Å². The van der Waals surface area contributed by atoms with E-state index >= 15 is 0 Å². The summed E-state index contributed by atoms with van der Waals surface area (Å²) in [5.41, 5.74) is 2.21. The van der Waals surface area contributed by atoms with Crippen LogP contribution >= 0.6 is 23.1 Å². The van der Waals surface area contributed by atoms with Crippen molar-refractivity contribution in [3.63, 3.8) is 0 Å². The lowest BCUT2D eigenvalue weighted by Gasteiger charge is -2.13. The molecule has 2 N–H and O–H groups in total. The molecule has 1 aliphatic rings. The fourth-order valence-electron chi connectivity index (χ4n) is 4.08. The van der Waals surface area contributed by atoms with Crippen LogP contribution in [0.4, 0.5) is 0 Å². The van der Waals surface area contributed by atoms with Gasteiger partial charge in [0.25, 0.3) is 5.56 Å². The number of carbonyl (C=O) groups excluding carboxylic acids is 1. The lowest BCUT2D eigenvalue weighted by atomic mass is 9.97. The van der Waals surface area contributed by atoms with Gasteiger partial charge in [0.15, 0.2) is 0 Å². The van der Waals surface area contributed by atoms with Crippen molar-refractivity contribution in [2.24, 2.45) is 0 Å². The number of hydrogen-bond acceptors (Lipinski definition) is 6. The maximum absolute atomic E-state index is 12.6. The van der Waals surface area contributed by atoms with Crippen molar-refractivity contribution in [2.75, 3.05) is 5.75 Å². The predicted octanol–water partition coefficient (Wildman–Crippen LogP) is 4.57. The molecule has 1 atom stereocenters. The minimum atomic E-state index is -0.0785. The van der Waals surface area contributed by atoms with Crippen LogP contribution in [0.5, 0.6) is 0 Å². The summed E-state index contributed by atoms with van der Waals surface area (Å²) in [5, 5.41) is 3.82. The van der Waals surface area contributed by atoms with E-state index in [0.717, 1.165) is 46.6 Å². The maximum Gasteiger partial charge on any atom is 0.259 e. The van der Waals surface area contributed by atoms with Gasteiger partial charge < -0.3 is 14.7 Å². The Morgan fingerprint density at radius 1 is 1.37 bits per heavy atom. The Bertz CT molecular complexity index is 1130. The normalized spacial score (nSPS) is 14.6. The van der Waals surface area contributed by atoms with Gasteiger partial charge in [-0.1, -0.05) is 0 Å². The molecule has 0 saturated carbocycles. The number of aryl methyl sites for hydroxylation is 4. The second-order valence-electron chi connectivity index (χ2n) is 7.86. The number of amides is 1. The van der Waals surface area contributed by atoms with E-state index < -0.39 is 0 Å². The molecule has 0 fully saturated rings. The topological polar surface area (TPSA) is 88.0 Å². The first-order valence-electron chi connectivity index (χ1n) is 10.4. The molecule has 0 aliphatic heterocycles. The largest absolute Gasteiger partial charge is 0.466 e. The van der Waals surface area contributed by atoms with Gasteiger partial charge in [-0.15, -0.1) is 11.3 Å². The maximum atomic E-state index is 12.6. The van der Waals surface area contributed by atoms with Gasteiger partial charge >= 0.3 is 0 Å². The van der Waals surface area contributed by atoms with E-state index in [1.807, 2.05) is 26.8 Å². The summed E-state index contributed by atoms with van der Waals surface area (Å²) >= 11 is 3.28. The zero-order valence-corrected chi connectivity index (χ0v) is 19.2. The van der Waals surface area contributed by atoms with Gasteiger partial charge in [0.1, 0.15) is 22.2 Å². The van der Waals surface area contributed by atoms with E-state index in [0.29, 0.717) is 23.8 Å². The van der Waals surface area contributed by atoms with Gasteiger partial charge in [-0.3, -0.25) is 9.59 Å². The number of aromatic amines is 1. The SMILES string of the molecule is Cc1cc(C(C)NC(=O)CCSCc2nc3sc4c(c3c(=O)[nH]2)CCCC4)c(C)o1. The van der Waals surface area contributed by atoms with E-state index in [-0.39, 0.29) is 17.5 Å². The van der Waals surface area contributed by atoms with E-state index in [1.165, 1.54) is 16.9 Å². The highest BCUT2D eigenvalue weighted by molar-refractivity contribution is 7.98. The van der Waals surface area contributed by atoms with E-state index in [4.69, 9.17) is 4.42 Å². The lowest BCUT2D eigenvalue weighted by molar-refractivity contribution is -0.121. The highest BCUT2D eigenvalue weighted by Crippen LogP contribution is 2.33. The van der Waals surface area contributed by atoms with Crippen molar-refractivity contribution in [3.8, 4) is 0 Å². The summed E-state index contributed by atoms with van der Waals surface area (Å²) in [6.07, 6.45) is 4.81. The molecule has 8 heteroatoms. The number of thioether (sulfide) groups is 1. The second-order valence-corrected chi connectivity index (χ2v) is 10.1. The molecule has 160 valence electrons. The molecule has 1 unspecified atom stereocenters. The zero-order chi connectivity index (χ0) is 21.3. The number of thiophene rings is 1. The van der Waals surface area contributed by atoms with E-state index in [9.17, 15) is 9.59 Å². The molecular formula is C22H27N3O3S2. The minimum absolute atomic E-state index is 0.0103. The number of fused-ring (bicyclic) bond motifs is 3. The van der Waals surface area contributed by atoms with Crippen molar-refractivity contribution >= 4 is 39.2 Å². The van der Waals surface area contributed by atoms with Crippen molar-refractivity contribution < 1.29 is 9.21 Å². The average Bonchev–Trinajstić information content (AvgIpc) is 3.24. The summed E-state index contributed by atoms with van der Waals surface area (Å²) in [5.74, 6) is 3.66. The molecule has 4 rings (SSSR count). The monoisotopic (exact) mass is 445 g/mol. The first kappa shape index (κ1) is 21.2. The Morgan fingerprint density at radius 2 is 2.17 bits per heavy atom. The van der Waals surface area contributed by atoms with Crippen molar-refractivity contribution in [1.29, 1.82) is 0 Å². The molecule has 30 heavy (non-hydrogen) atoms. The molecule has 3 heterocycles. The second kappa shape index (κ2) is 8.98. The first-order valence-corrected chi connectivity index (χ1v) is 12.4. The lowest BCUT2D eigenvalue weighted by Crippen LogP contribution is -2.27. The standard InChI is InChI=1S/C22H27N3O3S2/c1-12-10-16(14(3)28-12)13(2)23-19(26)8-9-29-11-18-24-21(27)20-15-6-4-5-7-17(15)30-22(20)25-18/h10,13H,4-9,11H2,1-3H3,(H,23,26)(H,24,25,27). The Balaban J connectivity index is 1.30. The third-order valence-corrected chi connectivity index (χ3v) is 7.67. The smallest absolute Gasteiger partial charge is 0.259 e. The molecular weight excluding hydrogens is 418 g/mol. The Labute approximate surface area is 183 Å². The molecule has 3 aromatic heterocycles. The van der Waals surface area contributed by atoms with Gasteiger partial charge in [0.05, 0.1) is 17.2 Å². The zero-order valence-electron chi connectivity index (χ0n) is 17.6. The van der Waals surface area contributed by atoms with E-state index in [1.54, 1.807) is 23.1 Å². The third-order valence-electron chi connectivity index (χ3n) is 5.51. The van der Waals surface area contributed by atoms with Crippen LogP contribution in [0.2, 0.25) is 0 Å². The van der Waals surface area contributed by atoms with Crippen molar-refractivity contribution in [3.05, 3.63) is 49.8 Å². The van der Waals surface area contributed by atoms with Crippen LogP contribution < -0.4 is 10.9 Å². The Hall–Kier alpha value is -2.06. The molecule has 1 amide bonds. The highest BCUT2D eigenvalue weighted by Gasteiger charge is 2.20. The van der Waals surface area contributed by atoms with Crippen LogP contribution in [0.25, 0.3) is 10.2 Å². The Kier molecular flexibility index (Phi) is 6.34. The van der Waals surface area contributed by atoms with Crippen LogP contribution in [0.3, 0.4) is 0 Å². The van der Waals surface area contributed by atoms with Crippen LogP contribution in [0.1, 0.15) is 65.6 Å². The summed E-state index contributed by atoms with van der Waals surface area (Å²) in [4.78, 5) is 34.7. The van der Waals surface area contributed by atoms with Gasteiger partial charge in [0, 0.05) is 22.6 Å². The first-order chi connectivity index (χ1) is 14.4. The number of nitrogens with zero attached hydrogens (tertiary/aromatic N) is 1. The third kappa shape index (κ3) is 4.49. The number of furan rings is 1. The molecule has 0 bridgehead atoms. The van der Waals surface area contributed by atoms with Crippen molar-refractivity contribution in [2.45, 2.75) is 64.7 Å². The molecule has 0 saturated heterocycles. The van der Waals surface area contributed by atoms with Gasteiger partial charge in [-0.2, -0.15) is 11.8 Å². The summed E-state index contributed by atoms with van der Waals surface area (Å²) in [6.45, 7) is 5.78. The highest BCUT2D eigenvalue weighted by atomic mass is 32.2. The quantitative estimate of drug-likeness (QED) is 0.520. The molecule has 0 radical (unpaired) electrons. The van der Waals surface area contributed by atoms with Crippen LogP contribution in [0, 0.1) is 13.8 Å². The number of nitrogens with one attached hydrogen (secondary N) is 2. The van der Waals surface area contributed by atoms with Crippen molar-refractivity contribution in [1.82, 2.24) is 15.3 Å². The van der Waals surface area contributed by atoms with E-state index in [2.05, 4.69) is 15.3 Å². The molecule has 6 nitrogen and oxygen atoms in total. The number of H-pyrrole nitrogens is 1. The molecule has 3 aromatic rings. The Morgan fingerprint density at radius 3 is 2.93 bits per heavy atom. The fourth-order valence-corrected chi connectivity index (χ4v) is 6.17. The van der Waals surface area contributed by atoms with Gasteiger partial charge in [-0.25, -0.2) is 4.98 Å². The minimum Gasteiger partial charge on any atom is -0.466 e. The molecule has 0 spiro atoms. The summed E-state index contributed by atoms with van der Waals surface area (Å²) in [7, 11) is 0. The summed E-state index contributed by atoms with van der Waals surface area (Å²) < 4.78 is 5.54. The average molecular weight is 446 g/mol. The van der Waals surface area contributed by atoms with Gasteiger partial charge in [-0.05, 0) is 58.1 Å². The van der Waals surface area contributed by atoms with Gasteiger partial charge in [0.2, 0.25) is 5.91 Å². The fraction of sp³-hybridized carbons (Fsp3) is 0.500. The number of carbonyl (C=O) groups is 1. The van der Waals surface area contributed by atoms with Crippen LogP contribution in [0.15, 0.2) is 15.3 Å². The van der Waals surface area contributed by atoms with Crippen LogP contribution in [-0.4, -0.2) is 21.6 Å².